The molecule has 7 N–H and O–H groups in total. The van der Waals surface area contributed by atoms with Gasteiger partial charge in [-0.3, -0.25) is 0 Å². The molecule has 0 aromatic heterocycles. The summed E-state index contributed by atoms with van der Waals surface area (Å²) in [6.45, 7) is 8.72. The molecule has 0 aromatic carbocycles. The van der Waals surface area contributed by atoms with Gasteiger partial charge in [0.25, 0.3) is 0 Å². The van der Waals surface area contributed by atoms with Gasteiger partial charge in [-0.1, -0.05) is 12.8 Å². The molecule has 0 radical (unpaired) electrons. The topological polar surface area (TPSA) is 76.8 Å². The van der Waals surface area contributed by atoms with Crippen molar-refractivity contribution in [1.29, 1.82) is 0 Å². The molecule has 6 nitrogen and oxygen atoms in total. The van der Waals surface area contributed by atoms with E-state index in [1.807, 2.05) is 0 Å². The van der Waals surface area contributed by atoms with Crippen LogP contribution in [-0.2, 0) is 13.1 Å². The van der Waals surface area contributed by atoms with Crippen molar-refractivity contribution in [3.05, 3.63) is 0 Å². The first kappa shape index (κ1) is 25.9. The fraction of sp³-hybridized carbons (Fsp3) is 1.00. The first-order chi connectivity index (χ1) is 13.3. The zero-order valence-electron chi connectivity index (χ0n) is 16.8. The third kappa shape index (κ3) is 13.7. The van der Waals surface area contributed by atoms with E-state index in [-0.39, 0.29) is 13.1 Å². The van der Waals surface area contributed by atoms with Gasteiger partial charge in [0, 0.05) is 63.9 Å². The van der Waals surface area contributed by atoms with Gasteiger partial charge in [-0.2, -0.15) is 0 Å². The fourth-order valence-electron chi connectivity index (χ4n) is 3.90. The van der Waals surface area contributed by atoms with E-state index in [0.29, 0.717) is 18.1 Å². The molecule has 1 saturated heterocycles. The van der Waals surface area contributed by atoms with Crippen LogP contribution in [0.1, 0.15) is 38.5 Å². The number of hydrogen-bond donors (Lipinski definition) is 6. The van der Waals surface area contributed by atoms with Gasteiger partial charge in [0.15, 0.2) is 0 Å². The van der Waals surface area contributed by atoms with Crippen LogP contribution in [0.15, 0.2) is 0 Å². The molecule has 1 aliphatic heterocycles. The number of nitrogens with two attached hydrogens (primary N) is 1. The molecule has 1 aliphatic carbocycles. The van der Waals surface area contributed by atoms with Crippen LogP contribution in [0.3, 0.4) is 0 Å². The summed E-state index contributed by atoms with van der Waals surface area (Å²) in [5.74, 6) is 0. The quantitative estimate of drug-likeness (QED) is 0.259. The van der Waals surface area contributed by atoms with Crippen LogP contribution < -0.4 is 31.9 Å². The SMILES string of the molecule is C[NH2+]CCC[C@@H]1CN[C@H]2CCCC[C@H]2NCCNCCNCCN1.[Cl][Mn][Cl]. The van der Waals surface area contributed by atoms with E-state index in [1.54, 1.807) is 0 Å². The Morgan fingerprint density at radius 1 is 0.852 bits per heavy atom. The molecule has 3 atom stereocenters. The van der Waals surface area contributed by atoms with Crippen molar-refractivity contribution in [1.82, 2.24) is 26.6 Å². The Morgan fingerprint density at radius 3 is 2.04 bits per heavy atom. The monoisotopic (exact) mass is 466 g/mol. The van der Waals surface area contributed by atoms with E-state index in [2.05, 4.69) is 38.9 Å². The van der Waals surface area contributed by atoms with E-state index < -0.39 is 0 Å². The van der Waals surface area contributed by atoms with Crippen LogP contribution in [-0.4, -0.2) is 77.5 Å². The molecule has 9 heteroatoms. The Balaban J connectivity index is 0.00000114. The standard InChI is InChI=1S/C18H40N6.2ClH.Mn/c1-19-8-4-5-16-15-24-18-7-3-2-6-17(18)23-14-12-21-10-9-20-11-13-22-16;;;/h16-24H,2-15H2,1H3;2*1H;/q;;;+2/p-1/t16-,17-,18+;;;/m1.../s1. The van der Waals surface area contributed by atoms with Crippen molar-refractivity contribution in [2.24, 2.45) is 0 Å². The number of hydrogen-bond acceptors (Lipinski definition) is 5. The molecule has 27 heavy (non-hydrogen) atoms. The van der Waals surface area contributed by atoms with Crippen LogP contribution >= 0.6 is 20.2 Å². The second-order valence-corrected chi connectivity index (χ2v) is 9.35. The van der Waals surface area contributed by atoms with Gasteiger partial charge in [0.2, 0.25) is 0 Å². The molecular formula is C18H41Cl2MnN6+. The molecule has 1 heterocycles. The summed E-state index contributed by atoms with van der Waals surface area (Å²) in [5.41, 5.74) is 0. The van der Waals surface area contributed by atoms with Crippen LogP contribution in [0.4, 0.5) is 0 Å². The number of quaternary nitrogens is 1. The number of rotatable bonds is 4. The van der Waals surface area contributed by atoms with Gasteiger partial charge in [-0.15, -0.1) is 0 Å². The van der Waals surface area contributed by atoms with Gasteiger partial charge >= 0.3 is 33.3 Å². The molecule has 2 rings (SSSR count). The third-order valence-corrected chi connectivity index (χ3v) is 5.36. The normalized spacial score (nSPS) is 28.8. The van der Waals surface area contributed by atoms with E-state index in [0.717, 1.165) is 45.8 Å². The zero-order chi connectivity index (χ0) is 19.6. The fourth-order valence-corrected chi connectivity index (χ4v) is 3.90. The molecule has 0 amide bonds. The molecule has 2 fully saturated rings. The maximum atomic E-state index is 4.80. The van der Waals surface area contributed by atoms with Crippen LogP contribution in [0, 0.1) is 0 Å². The van der Waals surface area contributed by atoms with Crippen molar-refractivity contribution in [2.75, 3.05) is 59.4 Å². The second-order valence-electron chi connectivity index (χ2n) is 7.40. The molecule has 0 unspecified atom stereocenters. The third-order valence-electron chi connectivity index (χ3n) is 5.36. The molecule has 163 valence electrons. The average molecular weight is 467 g/mol. The molecule has 0 spiro atoms. The minimum atomic E-state index is 0.00694. The van der Waals surface area contributed by atoms with Gasteiger partial charge in [0.1, 0.15) is 0 Å². The van der Waals surface area contributed by atoms with E-state index in [9.17, 15) is 0 Å². The van der Waals surface area contributed by atoms with Crippen LogP contribution in [0.25, 0.3) is 0 Å². The number of nitrogens with one attached hydrogen (secondary N) is 5. The zero-order valence-corrected chi connectivity index (χ0v) is 19.5. The predicted octanol–water partition coefficient (Wildman–Crippen LogP) is -0.0223. The summed E-state index contributed by atoms with van der Waals surface area (Å²) in [6, 6.07) is 1.88. The van der Waals surface area contributed by atoms with E-state index >= 15 is 0 Å². The molecule has 1 saturated carbocycles. The summed E-state index contributed by atoms with van der Waals surface area (Å²) < 4.78 is 0. The van der Waals surface area contributed by atoms with E-state index in [4.69, 9.17) is 20.2 Å². The van der Waals surface area contributed by atoms with Gasteiger partial charge in [0.05, 0.1) is 13.6 Å². The first-order valence-electron chi connectivity index (χ1n) is 10.6. The molecular weight excluding hydrogens is 426 g/mol. The first-order valence-corrected chi connectivity index (χ1v) is 13.8. The predicted molar refractivity (Wildman–Crippen MR) is 113 cm³/mol. The van der Waals surface area contributed by atoms with Crippen molar-refractivity contribution >= 4 is 20.2 Å². The summed E-state index contributed by atoms with van der Waals surface area (Å²) >= 11 is 0.00694. The second kappa shape index (κ2) is 18.9. The van der Waals surface area contributed by atoms with Crippen LogP contribution in [0.2, 0.25) is 0 Å². The minimum absolute atomic E-state index is 0.00694. The van der Waals surface area contributed by atoms with Crippen molar-refractivity contribution < 1.29 is 18.5 Å². The van der Waals surface area contributed by atoms with Gasteiger partial charge < -0.3 is 31.9 Å². The Labute approximate surface area is 181 Å². The van der Waals surface area contributed by atoms with E-state index in [1.165, 1.54) is 45.1 Å². The molecule has 0 aromatic rings. The van der Waals surface area contributed by atoms with Gasteiger partial charge in [-0.05, 0) is 25.7 Å². The van der Waals surface area contributed by atoms with Crippen molar-refractivity contribution in [2.45, 2.75) is 56.7 Å². The maximum absolute atomic E-state index is 4.80. The average Bonchev–Trinajstić information content (AvgIpc) is 2.68. The Hall–Kier alpha value is 0.859. The summed E-state index contributed by atoms with van der Waals surface area (Å²) in [6.07, 6.45) is 7.95. The van der Waals surface area contributed by atoms with Crippen LogP contribution in [0.5, 0.6) is 0 Å². The Morgan fingerprint density at radius 2 is 1.41 bits per heavy atom. The summed E-state index contributed by atoms with van der Waals surface area (Å²) in [7, 11) is 11.8. The van der Waals surface area contributed by atoms with Gasteiger partial charge in [-0.25, -0.2) is 0 Å². The Kier molecular flexibility index (Phi) is 18.1. The number of halogens is 2. The molecule has 2 aliphatic rings. The number of fused-ring (bicyclic) bond motifs is 1. The van der Waals surface area contributed by atoms with Crippen molar-refractivity contribution in [3.63, 3.8) is 0 Å². The summed E-state index contributed by atoms with van der Waals surface area (Å²) in [4.78, 5) is 0. The Bertz CT molecular complexity index is 330. The summed E-state index contributed by atoms with van der Waals surface area (Å²) in [5, 5.41) is 20.8. The van der Waals surface area contributed by atoms with Crippen molar-refractivity contribution in [3.8, 4) is 0 Å². The molecule has 0 bridgehead atoms.